The molecule has 0 saturated carbocycles. The average Bonchev–Trinajstić information content (AvgIpc) is 1.56. The van der Waals surface area contributed by atoms with Crippen LogP contribution in [0, 0.1) is 0 Å². The molecule has 7 heteroatoms. The van der Waals surface area contributed by atoms with Gasteiger partial charge in [0, 0.05) is 95.8 Å². The van der Waals surface area contributed by atoms with E-state index in [1.807, 2.05) is 34.8 Å². The molecule has 0 aliphatic rings. The summed E-state index contributed by atoms with van der Waals surface area (Å²) in [7, 11) is 0. The number of fused-ring (bicyclic) bond motifs is 18. The summed E-state index contributed by atoms with van der Waals surface area (Å²) < 4.78 is 25.7. The van der Waals surface area contributed by atoms with E-state index in [2.05, 4.69) is 403 Å². The average molecular weight is 1520 g/mol. The summed E-state index contributed by atoms with van der Waals surface area (Å²) in [4.78, 5) is 4.74. The van der Waals surface area contributed by atoms with Gasteiger partial charge in [-0.25, -0.2) is 0 Å². The van der Waals surface area contributed by atoms with Crippen molar-refractivity contribution in [2.24, 2.45) is 0 Å². The molecule has 22 rings (SSSR count). The summed E-state index contributed by atoms with van der Waals surface area (Å²) in [5.41, 5.74) is 25.9. The number of benzene rings is 17. The Kier molecular flexibility index (Phi) is 16.7. The number of thiophene rings is 2. The first-order valence-corrected chi connectivity index (χ1v) is 41.1. The number of furan rings is 3. The highest BCUT2D eigenvalue weighted by Crippen LogP contribution is 2.54. The summed E-state index contributed by atoms with van der Waals surface area (Å²) in [5, 5.41) is 14.2. The Labute approximate surface area is 675 Å². The maximum atomic E-state index is 7.11. The van der Waals surface area contributed by atoms with Gasteiger partial charge < -0.3 is 23.1 Å². The maximum Gasteiger partial charge on any atom is 0.160 e. The van der Waals surface area contributed by atoms with Crippen LogP contribution >= 0.6 is 22.7 Å². The molecule has 5 nitrogen and oxygen atoms in total. The minimum Gasteiger partial charge on any atom is -0.456 e. The van der Waals surface area contributed by atoms with Crippen LogP contribution in [-0.4, -0.2) is 0 Å². The molecule has 22 aromatic rings. The second kappa shape index (κ2) is 27.7. The van der Waals surface area contributed by atoms with Crippen molar-refractivity contribution in [2.75, 3.05) is 9.80 Å². The van der Waals surface area contributed by atoms with Crippen LogP contribution in [0.25, 0.3) is 173 Å². The Morgan fingerprint density at radius 2 is 0.609 bits per heavy atom. The predicted octanol–water partition coefficient (Wildman–Crippen LogP) is 32.8. The lowest BCUT2D eigenvalue weighted by atomic mass is 9.86. The highest BCUT2D eigenvalue weighted by molar-refractivity contribution is 7.27. The molecule has 0 bridgehead atoms. The first-order valence-electron chi connectivity index (χ1n) is 39.5. The number of anilines is 6. The van der Waals surface area contributed by atoms with E-state index in [-0.39, 0.29) is 10.8 Å². The molecule has 115 heavy (non-hydrogen) atoms. The van der Waals surface area contributed by atoms with Crippen molar-refractivity contribution in [2.45, 2.75) is 52.4 Å². The molecule has 0 atom stereocenters. The molecular weight excluding hydrogens is 1440 g/mol. The van der Waals surface area contributed by atoms with Gasteiger partial charge in [-0.1, -0.05) is 284 Å². The van der Waals surface area contributed by atoms with E-state index >= 15 is 0 Å². The zero-order chi connectivity index (χ0) is 77.2. The molecule has 0 unspecified atom stereocenters. The third kappa shape index (κ3) is 12.3. The second-order valence-electron chi connectivity index (χ2n) is 32.3. The van der Waals surface area contributed by atoms with Gasteiger partial charge in [-0.15, -0.1) is 22.7 Å². The number of hydrogen-bond acceptors (Lipinski definition) is 7. The Hall–Kier alpha value is -13.6. The van der Waals surface area contributed by atoms with Crippen molar-refractivity contribution in [3.63, 3.8) is 0 Å². The Balaban J connectivity index is 0.000000146. The van der Waals surface area contributed by atoms with E-state index in [1.54, 1.807) is 0 Å². The van der Waals surface area contributed by atoms with E-state index in [0.717, 1.165) is 100 Å². The molecular formula is C108H78N2O3S2. The third-order valence-corrected chi connectivity index (χ3v) is 25.5. The molecule has 0 N–H and O–H groups in total. The number of nitrogens with zero attached hydrogens (tertiary/aromatic N) is 2. The van der Waals surface area contributed by atoms with Crippen LogP contribution in [0.1, 0.15) is 52.7 Å². The topological polar surface area (TPSA) is 45.9 Å². The molecule has 0 spiro atoms. The molecule has 5 aromatic heterocycles. The van der Waals surface area contributed by atoms with Crippen molar-refractivity contribution >= 4 is 174 Å². The van der Waals surface area contributed by atoms with Crippen LogP contribution in [0.4, 0.5) is 34.1 Å². The van der Waals surface area contributed by atoms with Gasteiger partial charge in [0.05, 0.1) is 17.1 Å². The Morgan fingerprint density at radius 3 is 1.16 bits per heavy atom. The fourth-order valence-corrected chi connectivity index (χ4v) is 19.5. The smallest absolute Gasteiger partial charge is 0.160 e. The SMILES string of the molecule is CC(C)(C)c1ccc2sc3c(cc(N(c4ccc(-c5ccccc5)cc4)c4ccc(-c5ccccc5)cc4)c4oc5ccc(C(C)(C)C)cc5c43)c2c1.c1ccc(-c2ccc3sc4c(cc(N(c5ccc(-c6cccc7ccccc67)cc5)c5ccc6c(c5)oc5ccccc56)c5oc6ccc(-c7ccccc7)cc6c54)c3c2)cc1. The molecule has 0 aliphatic carbocycles. The van der Waals surface area contributed by atoms with E-state index < -0.39 is 0 Å². The van der Waals surface area contributed by atoms with Crippen LogP contribution in [0.15, 0.2) is 377 Å². The highest BCUT2D eigenvalue weighted by Gasteiger charge is 2.29. The molecule has 0 aliphatic heterocycles. The van der Waals surface area contributed by atoms with Crippen LogP contribution in [-0.2, 0) is 10.8 Å². The summed E-state index contributed by atoms with van der Waals surface area (Å²) in [5.74, 6) is 0. The Bertz CT molecular complexity index is 7420. The first-order chi connectivity index (χ1) is 56.2. The molecule has 0 saturated heterocycles. The van der Waals surface area contributed by atoms with Crippen LogP contribution < -0.4 is 9.80 Å². The highest BCUT2D eigenvalue weighted by atomic mass is 32.1. The number of para-hydroxylation sites is 1. The number of rotatable bonds is 11. The Morgan fingerprint density at radius 1 is 0.235 bits per heavy atom. The fraction of sp³-hybridized carbons (Fsp3) is 0.0741. The van der Waals surface area contributed by atoms with Gasteiger partial charge in [0.15, 0.2) is 11.2 Å². The summed E-state index contributed by atoms with van der Waals surface area (Å²) in [6, 6.07) is 131. The van der Waals surface area contributed by atoms with Gasteiger partial charge in [-0.2, -0.15) is 0 Å². The lowest BCUT2D eigenvalue weighted by molar-refractivity contribution is 0.590. The standard InChI is InChI=1S/C58H35NO2S.C50H43NOS/c1-3-12-36(13-4-1)40-24-30-53-50(33-40)56-57(61-53)51(35-49-48-32-41(37-14-5-2-6-15-37)25-31-55(48)62-58(49)56)59(43-28-29-47-46-19-9-10-21-52(46)60-54(47)34-43)42-26-22-39(23-27-42)45-20-11-17-38-16-7-8-18-44(38)45;1-49(2,3)36-21-27-44-42(30-36)46-47(52-44)43(31-41-40-29-37(50(4,5)6)22-28-45(40)53-48(41)46)51(38-23-17-34(18-24-38)32-13-9-7-10-14-32)39-25-19-35(20-26-39)33-15-11-8-12-16-33/h1-35H;7-31H,1-6H3. The van der Waals surface area contributed by atoms with Crippen molar-refractivity contribution in [1.29, 1.82) is 0 Å². The zero-order valence-corrected chi connectivity index (χ0v) is 66.2. The van der Waals surface area contributed by atoms with E-state index in [1.165, 1.54) is 118 Å². The summed E-state index contributed by atoms with van der Waals surface area (Å²) >= 11 is 3.72. The molecule has 5 heterocycles. The van der Waals surface area contributed by atoms with Crippen LogP contribution in [0.2, 0.25) is 0 Å². The lowest BCUT2D eigenvalue weighted by Gasteiger charge is -2.26. The quantitative estimate of drug-likeness (QED) is 0.129. The van der Waals surface area contributed by atoms with Crippen molar-refractivity contribution < 1.29 is 13.3 Å². The zero-order valence-electron chi connectivity index (χ0n) is 64.6. The van der Waals surface area contributed by atoms with Gasteiger partial charge >= 0.3 is 0 Å². The molecule has 550 valence electrons. The number of hydrogen-bond donors (Lipinski definition) is 0. The van der Waals surface area contributed by atoms with Crippen LogP contribution in [0.5, 0.6) is 0 Å². The first kappa shape index (κ1) is 69.4. The monoisotopic (exact) mass is 1510 g/mol. The molecule has 0 amide bonds. The van der Waals surface area contributed by atoms with Gasteiger partial charge in [-0.05, 0) is 204 Å². The minimum absolute atomic E-state index is 0.00329. The van der Waals surface area contributed by atoms with Gasteiger partial charge in [0.2, 0.25) is 0 Å². The van der Waals surface area contributed by atoms with E-state index in [9.17, 15) is 0 Å². The van der Waals surface area contributed by atoms with Crippen LogP contribution in [0.3, 0.4) is 0 Å². The molecule has 17 aromatic carbocycles. The summed E-state index contributed by atoms with van der Waals surface area (Å²) in [6.45, 7) is 13.7. The maximum absolute atomic E-state index is 7.11. The predicted molar refractivity (Wildman–Crippen MR) is 492 cm³/mol. The second-order valence-corrected chi connectivity index (χ2v) is 34.4. The lowest BCUT2D eigenvalue weighted by Crippen LogP contribution is -2.10. The van der Waals surface area contributed by atoms with Gasteiger partial charge in [-0.3, -0.25) is 0 Å². The third-order valence-electron chi connectivity index (χ3n) is 23.1. The molecule has 0 radical (unpaired) electrons. The van der Waals surface area contributed by atoms with Gasteiger partial charge in [0.1, 0.15) is 22.3 Å². The van der Waals surface area contributed by atoms with Crippen molar-refractivity contribution in [3.8, 4) is 55.6 Å². The molecule has 0 fully saturated rings. The summed E-state index contributed by atoms with van der Waals surface area (Å²) in [6.07, 6.45) is 0. The fourth-order valence-electron chi connectivity index (χ4n) is 17.0. The normalized spacial score (nSPS) is 12.1. The van der Waals surface area contributed by atoms with E-state index in [0.29, 0.717) is 0 Å². The largest absolute Gasteiger partial charge is 0.456 e. The van der Waals surface area contributed by atoms with Crippen molar-refractivity contribution in [3.05, 3.63) is 375 Å². The van der Waals surface area contributed by atoms with E-state index in [4.69, 9.17) is 13.3 Å². The van der Waals surface area contributed by atoms with Gasteiger partial charge in [0.25, 0.3) is 0 Å². The van der Waals surface area contributed by atoms with Crippen molar-refractivity contribution in [1.82, 2.24) is 0 Å². The minimum atomic E-state index is 0.00329.